The summed E-state index contributed by atoms with van der Waals surface area (Å²) in [6.07, 6.45) is -2.05. The number of aliphatic hydroxyl groups is 2. The fourth-order valence-corrected chi connectivity index (χ4v) is 6.50. The molecular weight excluding hydrogens is 654 g/mol. The van der Waals surface area contributed by atoms with Crippen LogP contribution in [0, 0.1) is 5.92 Å². The molecule has 5 rings (SSSR count). The average molecular weight is 704 g/mol. The molecule has 274 valence electrons. The second-order valence-corrected chi connectivity index (χ2v) is 14.2. The maximum absolute atomic E-state index is 14.1. The Labute approximate surface area is 298 Å². The molecule has 1 fully saturated rings. The molecule has 3 aromatic rings. The molecule has 0 spiro atoms. The van der Waals surface area contributed by atoms with E-state index in [4.69, 9.17) is 14.2 Å². The van der Waals surface area contributed by atoms with Gasteiger partial charge in [0.2, 0.25) is 11.8 Å². The van der Waals surface area contributed by atoms with Crippen molar-refractivity contribution in [3.05, 3.63) is 95.1 Å². The molecule has 5 atom stereocenters. The van der Waals surface area contributed by atoms with Gasteiger partial charge in [-0.1, -0.05) is 54.6 Å². The predicted molar refractivity (Wildman–Crippen MR) is 189 cm³/mol. The molecule has 0 aromatic heterocycles. The molecule has 0 saturated carbocycles. The number of nitrogens with zero attached hydrogens (tertiary/aromatic N) is 1. The molecule has 51 heavy (non-hydrogen) atoms. The first-order valence-corrected chi connectivity index (χ1v) is 17.4. The summed E-state index contributed by atoms with van der Waals surface area (Å²) in [5.41, 5.74) is 2.17. The first-order valence-electron chi connectivity index (χ1n) is 17.4. The molecule has 1 aliphatic carbocycles. The van der Waals surface area contributed by atoms with Crippen LogP contribution in [0.15, 0.2) is 72.8 Å². The highest BCUT2D eigenvalue weighted by Crippen LogP contribution is 2.37. The fraction of sp³-hybridized carbons (Fsp3) is 0.462. The highest BCUT2D eigenvalue weighted by molar-refractivity contribution is 5.80. The third-order valence-corrected chi connectivity index (χ3v) is 9.10. The molecule has 1 heterocycles. The van der Waals surface area contributed by atoms with E-state index in [1.54, 1.807) is 56.0 Å². The van der Waals surface area contributed by atoms with Gasteiger partial charge in [-0.25, -0.2) is 4.79 Å². The van der Waals surface area contributed by atoms with Gasteiger partial charge in [0.25, 0.3) is 0 Å². The summed E-state index contributed by atoms with van der Waals surface area (Å²) >= 11 is 0. The van der Waals surface area contributed by atoms with Gasteiger partial charge in [-0.3, -0.25) is 9.59 Å². The van der Waals surface area contributed by atoms with Gasteiger partial charge < -0.3 is 45.1 Å². The third kappa shape index (κ3) is 10.7. The lowest BCUT2D eigenvalue weighted by atomic mass is 9.88. The smallest absolute Gasteiger partial charge is 0.407 e. The topological polar surface area (TPSA) is 167 Å². The normalized spacial score (nSPS) is 19.1. The fourth-order valence-electron chi connectivity index (χ4n) is 6.50. The maximum Gasteiger partial charge on any atom is 0.407 e. The second-order valence-electron chi connectivity index (χ2n) is 14.2. The average Bonchev–Trinajstić information content (AvgIpc) is 3.40. The number of alkyl carbamates (subject to hydrolysis) is 1. The maximum atomic E-state index is 14.1. The molecule has 3 amide bonds. The number of morpholine rings is 1. The zero-order valence-corrected chi connectivity index (χ0v) is 29.4. The van der Waals surface area contributed by atoms with Crippen molar-refractivity contribution in [3.8, 4) is 11.5 Å². The van der Waals surface area contributed by atoms with Crippen molar-refractivity contribution in [2.45, 2.75) is 76.3 Å². The largest absolute Gasteiger partial charge is 0.508 e. The summed E-state index contributed by atoms with van der Waals surface area (Å²) in [6.45, 7) is 7.14. The number of nitrogens with one attached hydrogen (secondary N) is 2. The standard InChI is InChI=1S/C39H49N3O9/c1-39(2,3)51-38(48)40-31(21-25-8-5-4-6-9-25)33(44)22-27(37(47)41-36-29-10-7-11-32(43)30(29)23-34(36)45)20-26-12-14-28(15-13-26)50-19-17-42-16-18-49-24-35(42)46/h4-15,27,31,33-34,36,43-45H,16-24H2,1-3H3,(H,40,48)(H,41,47)/t27-,31+,33+,34-,36+/m1/s1. The quantitative estimate of drug-likeness (QED) is 0.169. The van der Waals surface area contributed by atoms with Gasteiger partial charge in [0.05, 0.1) is 37.4 Å². The number of rotatable bonds is 14. The number of aliphatic hydroxyl groups excluding tert-OH is 2. The Bertz CT molecular complexity index is 1630. The van der Waals surface area contributed by atoms with Crippen molar-refractivity contribution in [1.29, 1.82) is 0 Å². The van der Waals surface area contributed by atoms with E-state index < -0.39 is 41.9 Å². The van der Waals surface area contributed by atoms with Crippen LogP contribution >= 0.6 is 0 Å². The lowest BCUT2D eigenvalue weighted by Gasteiger charge is -2.30. The minimum Gasteiger partial charge on any atom is -0.508 e. The number of aromatic hydroxyl groups is 1. The van der Waals surface area contributed by atoms with Crippen molar-refractivity contribution < 1.29 is 43.9 Å². The van der Waals surface area contributed by atoms with Gasteiger partial charge in [0.15, 0.2) is 0 Å². The molecule has 0 unspecified atom stereocenters. The number of amides is 3. The van der Waals surface area contributed by atoms with E-state index in [-0.39, 0.29) is 43.4 Å². The van der Waals surface area contributed by atoms with Crippen LogP contribution in [-0.2, 0) is 38.3 Å². The minimum absolute atomic E-state index is 0.0132. The van der Waals surface area contributed by atoms with Crippen molar-refractivity contribution in [2.75, 3.05) is 32.9 Å². The molecule has 2 aliphatic rings. The van der Waals surface area contributed by atoms with Gasteiger partial charge in [-0.2, -0.15) is 0 Å². The third-order valence-electron chi connectivity index (χ3n) is 9.10. The van der Waals surface area contributed by atoms with Gasteiger partial charge in [0.1, 0.15) is 30.3 Å². The summed E-state index contributed by atoms with van der Waals surface area (Å²) in [7, 11) is 0. The second kappa shape index (κ2) is 17.0. The first-order chi connectivity index (χ1) is 24.4. The molecule has 1 aliphatic heterocycles. The van der Waals surface area contributed by atoms with Crippen LogP contribution in [0.2, 0.25) is 0 Å². The van der Waals surface area contributed by atoms with E-state index in [9.17, 15) is 29.7 Å². The van der Waals surface area contributed by atoms with E-state index in [1.165, 1.54) is 0 Å². The monoisotopic (exact) mass is 703 g/mol. The number of hydrogen-bond acceptors (Lipinski definition) is 9. The van der Waals surface area contributed by atoms with Crippen LogP contribution in [0.25, 0.3) is 0 Å². The van der Waals surface area contributed by atoms with Crippen molar-refractivity contribution in [3.63, 3.8) is 0 Å². The van der Waals surface area contributed by atoms with E-state index in [0.717, 1.165) is 11.1 Å². The number of ether oxygens (including phenoxy) is 3. The lowest BCUT2D eigenvalue weighted by molar-refractivity contribution is -0.143. The van der Waals surface area contributed by atoms with E-state index in [2.05, 4.69) is 10.6 Å². The van der Waals surface area contributed by atoms with Crippen LogP contribution in [0.5, 0.6) is 11.5 Å². The first kappa shape index (κ1) is 37.6. The Hall–Kier alpha value is -4.65. The van der Waals surface area contributed by atoms with Crippen molar-refractivity contribution >= 4 is 17.9 Å². The number of benzene rings is 3. The summed E-state index contributed by atoms with van der Waals surface area (Å²) in [4.78, 5) is 40.7. The molecule has 0 bridgehead atoms. The molecule has 5 N–H and O–H groups in total. The minimum atomic E-state index is -1.15. The number of phenols is 1. The highest BCUT2D eigenvalue weighted by atomic mass is 16.6. The summed E-state index contributed by atoms with van der Waals surface area (Å²) in [6, 6.07) is 20.2. The number of hydrogen-bond donors (Lipinski definition) is 5. The summed E-state index contributed by atoms with van der Waals surface area (Å²) in [5.74, 6) is -0.558. The van der Waals surface area contributed by atoms with Crippen LogP contribution in [0.1, 0.15) is 55.5 Å². The van der Waals surface area contributed by atoms with E-state index in [0.29, 0.717) is 49.6 Å². The SMILES string of the molecule is CC(C)(C)OC(=O)N[C@@H](Cc1ccccc1)[C@@H](O)C[C@@H](Cc1ccc(OCCN2CCOCC2=O)cc1)C(=O)N[C@H]1c2cccc(O)c2C[C@H]1O. The van der Waals surface area contributed by atoms with Crippen LogP contribution in [0.3, 0.4) is 0 Å². The van der Waals surface area contributed by atoms with Crippen molar-refractivity contribution in [2.24, 2.45) is 5.92 Å². The van der Waals surface area contributed by atoms with Gasteiger partial charge in [-0.15, -0.1) is 0 Å². The Kier molecular flexibility index (Phi) is 12.6. The molecule has 12 heteroatoms. The van der Waals surface area contributed by atoms with E-state index >= 15 is 0 Å². The Morgan fingerprint density at radius 2 is 1.73 bits per heavy atom. The Balaban J connectivity index is 1.32. The molecular formula is C39H49N3O9. The zero-order chi connectivity index (χ0) is 36.5. The van der Waals surface area contributed by atoms with Gasteiger partial charge in [-0.05, 0) is 74.9 Å². The lowest BCUT2D eigenvalue weighted by Crippen LogP contribution is -2.48. The Morgan fingerprint density at radius 3 is 2.43 bits per heavy atom. The van der Waals surface area contributed by atoms with E-state index in [1.807, 2.05) is 42.5 Å². The number of carbonyl (C=O) groups is 3. The van der Waals surface area contributed by atoms with Gasteiger partial charge in [0, 0.05) is 24.4 Å². The van der Waals surface area contributed by atoms with Gasteiger partial charge >= 0.3 is 6.09 Å². The molecule has 1 saturated heterocycles. The van der Waals surface area contributed by atoms with Crippen molar-refractivity contribution in [1.82, 2.24) is 15.5 Å². The number of fused-ring (bicyclic) bond motifs is 1. The molecule has 0 radical (unpaired) electrons. The van der Waals surface area contributed by atoms with Crippen LogP contribution in [0.4, 0.5) is 4.79 Å². The molecule has 3 aromatic carbocycles. The number of carbonyl (C=O) groups excluding carboxylic acids is 3. The molecule has 12 nitrogen and oxygen atoms in total. The predicted octanol–water partition coefficient (Wildman–Crippen LogP) is 3.45. The zero-order valence-electron chi connectivity index (χ0n) is 29.4. The summed E-state index contributed by atoms with van der Waals surface area (Å²) in [5, 5.41) is 38.8. The highest BCUT2D eigenvalue weighted by Gasteiger charge is 2.37. The summed E-state index contributed by atoms with van der Waals surface area (Å²) < 4.78 is 16.6. The number of phenolic OH excluding ortho intramolecular Hbond substituents is 1. The Morgan fingerprint density at radius 1 is 1.00 bits per heavy atom. The van der Waals surface area contributed by atoms with Crippen LogP contribution in [-0.4, -0.2) is 94.9 Å². The van der Waals surface area contributed by atoms with Crippen LogP contribution < -0.4 is 15.4 Å².